The molecule has 0 atom stereocenters. The first kappa shape index (κ1) is 11.9. The molecule has 0 saturated carbocycles. The predicted molar refractivity (Wildman–Crippen MR) is 67.3 cm³/mol. The molecule has 2 N–H and O–H groups in total. The molecule has 5 heteroatoms. The number of aryl methyl sites for hydroxylation is 1. The molecule has 0 unspecified atom stereocenters. The van der Waals surface area contributed by atoms with Crippen LogP contribution in [0.1, 0.15) is 11.1 Å². The highest BCUT2D eigenvalue weighted by Crippen LogP contribution is 2.20. The molecule has 2 aromatic rings. The van der Waals surface area contributed by atoms with Gasteiger partial charge >= 0.3 is 5.97 Å². The molecule has 0 fully saturated rings. The molecule has 1 aromatic carbocycles. The summed E-state index contributed by atoms with van der Waals surface area (Å²) in [4.78, 5) is 14.8. The van der Waals surface area contributed by atoms with Gasteiger partial charge in [0.25, 0.3) is 0 Å². The lowest BCUT2D eigenvalue weighted by Crippen LogP contribution is -2.14. The number of pyridine rings is 1. The van der Waals surface area contributed by atoms with Crippen LogP contribution in [0.3, 0.4) is 0 Å². The van der Waals surface area contributed by atoms with Crippen molar-refractivity contribution in [1.29, 1.82) is 5.26 Å². The molecule has 0 amide bonds. The number of hydrogen-bond donors (Lipinski definition) is 2. The highest BCUT2D eigenvalue weighted by molar-refractivity contribution is 5.84. The number of anilines is 1. The molecule has 0 aliphatic carbocycles. The third-order valence-electron chi connectivity index (χ3n) is 2.50. The number of carboxylic acids is 1. The number of benzene rings is 1. The number of nitriles is 1. The molecule has 1 heterocycles. The first-order valence-corrected chi connectivity index (χ1v) is 5.37. The van der Waals surface area contributed by atoms with Gasteiger partial charge in [0.1, 0.15) is 18.4 Å². The molecular formula is C13H11N3O2. The van der Waals surface area contributed by atoms with Crippen molar-refractivity contribution in [1.82, 2.24) is 4.98 Å². The molecule has 1 aromatic heterocycles. The van der Waals surface area contributed by atoms with Gasteiger partial charge in [-0.25, -0.2) is 4.98 Å². The SMILES string of the molecule is Cc1ccc2cc(C#N)c(NCC(=O)O)nc2c1. The summed E-state index contributed by atoms with van der Waals surface area (Å²) in [5.41, 5.74) is 2.14. The number of fused-ring (bicyclic) bond motifs is 1. The Balaban J connectivity index is 2.50. The van der Waals surface area contributed by atoms with Crippen molar-refractivity contribution >= 4 is 22.7 Å². The van der Waals surface area contributed by atoms with Crippen LogP contribution in [0.5, 0.6) is 0 Å². The topological polar surface area (TPSA) is 86.0 Å². The van der Waals surface area contributed by atoms with Crippen molar-refractivity contribution in [2.75, 3.05) is 11.9 Å². The van der Waals surface area contributed by atoms with E-state index in [0.717, 1.165) is 16.5 Å². The van der Waals surface area contributed by atoms with E-state index >= 15 is 0 Å². The second kappa shape index (κ2) is 4.72. The van der Waals surface area contributed by atoms with E-state index < -0.39 is 5.97 Å². The van der Waals surface area contributed by atoms with Crippen LogP contribution in [0.15, 0.2) is 24.3 Å². The Labute approximate surface area is 104 Å². The number of nitrogens with zero attached hydrogens (tertiary/aromatic N) is 2. The van der Waals surface area contributed by atoms with Gasteiger partial charge < -0.3 is 10.4 Å². The molecule has 0 bridgehead atoms. The van der Waals surface area contributed by atoms with E-state index in [9.17, 15) is 4.79 Å². The minimum atomic E-state index is -0.995. The first-order chi connectivity index (χ1) is 8.60. The van der Waals surface area contributed by atoms with Gasteiger partial charge in [-0.3, -0.25) is 4.79 Å². The van der Waals surface area contributed by atoms with Crippen molar-refractivity contribution in [3.8, 4) is 6.07 Å². The normalized spacial score (nSPS) is 10.0. The average Bonchev–Trinajstić information content (AvgIpc) is 2.35. The zero-order chi connectivity index (χ0) is 13.1. The van der Waals surface area contributed by atoms with Crippen LogP contribution in [-0.4, -0.2) is 22.6 Å². The molecule has 0 radical (unpaired) electrons. The van der Waals surface area contributed by atoms with Crippen molar-refractivity contribution in [2.24, 2.45) is 0 Å². The summed E-state index contributed by atoms with van der Waals surface area (Å²) in [6, 6.07) is 9.43. The fourth-order valence-corrected chi connectivity index (χ4v) is 1.66. The maximum Gasteiger partial charge on any atom is 0.322 e. The van der Waals surface area contributed by atoms with Gasteiger partial charge in [-0.2, -0.15) is 5.26 Å². The minimum absolute atomic E-state index is 0.265. The number of aliphatic carboxylic acids is 1. The van der Waals surface area contributed by atoms with E-state index in [4.69, 9.17) is 10.4 Å². The smallest absolute Gasteiger partial charge is 0.322 e. The second-order valence-corrected chi connectivity index (χ2v) is 3.94. The van der Waals surface area contributed by atoms with Gasteiger partial charge in [0, 0.05) is 5.39 Å². The van der Waals surface area contributed by atoms with Crippen LogP contribution >= 0.6 is 0 Å². The van der Waals surface area contributed by atoms with E-state index in [1.807, 2.05) is 31.2 Å². The van der Waals surface area contributed by atoms with Crippen molar-refractivity contribution in [2.45, 2.75) is 6.92 Å². The van der Waals surface area contributed by atoms with Crippen LogP contribution in [0.4, 0.5) is 5.82 Å². The third-order valence-corrected chi connectivity index (χ3v) is 2.50. The number of hydrogen-bond acceptors (Lipinski definition) is 4. The van der Waals surface area contributed by atoms with E-state index in [2.05, 4.69) is 10.3 Å². The molecule has 0 aliphatic rings. The Kier molecular flexibility index (Phi) is 3.11. The molecule has 90 valence electrons. The third kappa shape index (κ3) is 2.38. The van der Waals surface area contributed by atoms with Gasteiger partial charge in [0.15, 0.2) is 0 Å². The van der Waals surface area contributed by atoms with Gasteiger partial charge in [-0.05, 0) is 24.6 Å². The molecule has 0 saturated heterocycles. The largest absolute Gasteiger partial charge is 0.480 e. The number of carbonyl (C=O) groups is 1. The van der Waals surface area contributed by atoms with E-state index in [1.54, 1.807) is 6.07 Å². The summed E-state index contributed by atoms with van der Waals surface area (Å²) in [5.74, 6) is -0.692. The predicted octanol–water partition coefficient (Wildman–Crippen LogP) is 1.91. The number of aromatic nitrogens is 1. The van der Waals surface area contributed by atoms with Crippen LogP contribution in [-0.2, 0) is 4.79 Å². The summed E-state index contributed by atoms with van der Waals surface area (Å²) < 4.78 is 0. The zero-order valence-corrected chi connectivity index (χ0v) is 9.77. The van der Waals surface area contributed by atoms with Gasteiger partial charge in [-0.15, -0.1) is 0 Å². The second-order valence-electron chi connectivity index (χ2n) is 3.94. The van der Waals surface area contributed by atoms with E-state index in [-0.39, 0.29) is 6.54 Å². The minimum Gasteiger partial charge on any atom is -0.480 e. The van der Waals surface area contributed by atoms with Crippen molar-refractivity contribution < 1.29 is 9.90 Å². The van der Waals surface area contributed by atoms with Gasteiger partial charge in [0.05, 0.1) is 11.1 Å². The summed E-state index contributed by atoms with van der Waals surface area (Å²) >= 11 is 0. The Morgan fingerprint density at radius 3 is 2.94 bits per heavy atom. The monoisotopic (exact) mass is 241 g/mol. The fourth-order valence-electron chi connectivity index (χ4n) is 1.66. The van der Waals surface area contributed by atoms with Crippen LogP contribution in [0, 0.1) is 18.3 Å². The number of carboxylic acid groups (broad SMARTS) is 1. The Bertz CT molecular complexity index is 659. The molecule has 2 rings (SSSR count). The Hall–Kier alpha value is -2.61. The summed E-state index contributed by atoms with van der Waals surface area (Å²) in [6.45, 7) is 1.68. The highest BCUT2D eigenvalue weighted by atomic mass is 16.4. The molecule has 5 nitrogen and oxygen atoms in total. The molecular weight excluding hydrogens is 230 g/mol. The van der Waals surface area contributed by atoms with E-state index in [1.165, 1.54) is 0 Å². The summed E-state index contributed by atoms with van der Waals surface area (Å²) in [6.07, 6.45) is 0. The fraction of sp³-hybridized carbons (Fsp3) is 0.154. The zero-order valence-electron chi connectivity index (χ0n) is 9.77. The van der Waals surface area contributed by atoms with Crippen LogP contribution in [0.25, 0.3) is 10.9 Å². The van der Waals surface area contributed by atoms with Crippen LogP contribution < -0.4 is 5.32 Å². The highest BCUT2D eigenvalue weighted by Gasteiger charge is 2.07. The Morgan fingerprint density at radius 1 is 1.50 bits per heavy atom. The van der Waals surface area contributed by atoms with Gasteiger partial charge in [0.2, 0.25) is 0 Å². The van der Waals surface area contributed by atoms with Crippen molar-refractivity contribution in [3.05, 3.63) is 35.4 Å². The first-order valence-electron chi connectivity index (χ1n) is 5.37. The maximum absolute atomic E-state index is 10.5. The van der Waals surface area contributed by atoms with Gasteiger partial charge in [-0.1, -0.05) is 12.1 Å². The lowest BCUT2D eigenvalue weighted by atomic mass is 10.1. The lowest BCUT2D eigenvalue weighted by Gasteiger charge is -2.07. The molecule has 0 aliphatic heterocycles. The Morgan fingerprint density at radius 2 is 2.28 bits per heavy atom. The molecule has 18 heavy (non-hydrogen) atoms. The summed E-state index contributed by atoms with van der Waals surface area (Å²) in [7, 11) is 0. The standard InChI is InChI=1S/C13H11N3O2/c1-8-2-3-9-5-10(6-14)13(15-7-12(17)18)16-11(9)4-8/h2-5H,7H2,1H3,(H,15,16)(H,17,18). The summed E-state index contributed by atoms with van der Waals surface area (Å²) in [5, 5.41) is 21.1. The lowest BCUT2D eigenvalue weighted by molar-refractivity contribution is -0.134. The van der Waals surface area contributed by atoms with Crippen molar-refractivity contribution in [3.63, 3.8) is 0 Å². The van der Waals surface area contributed by atoms with E-state index in [0.29, 0.717) is 11.4 Å². The van der Waals surface area contributed by atoms with Crippen LogP contribution in [0.2, 0.25) is 0 Å². The molecule has 0 spiro atoms. The number of rotatable bonds is 3. The average molecular weight is 241 g/mol. The number of nitrogens with one attached hydrogen (secondary N) is 1. The quantitative estimate of drug-likeness (QED) is 0.857. The maximum atomic E-state index is 10.5.